The first kappa shape index (κ1) is 23.3. The molecule has 1 saturated carbocycles. The quantitative estimate of drug-likeness (QED) is 0.409. The van der Waals surface area contributed by atoms with Crippen LogP contribution < -0.4 is 25.8 Å². The molecule has 1 aromatic carbocycles. The number of nitrogens with zero attached hydrogens (tertiary/aromatic N) is 2. The number of carbonyl (C=O) groups excluding carboxylic acids is 1. The van der Waals surface area contributed by atoms with Crippen LogP contribution in [0.25, 0.3) is 10.9 Å². The van der Waals surface area contributed by atoms with E-state index >= 15 is 0 Å². The Hall–Kier alpha value is -2.91. The third kappa shape index (κ3) is 5.20. The van der Waals surface area contributed by atoms with Crippen molar-refractivity contribution in [2.75, 3.05) is 19.5 Å². The maximum Gasteiger partial charge on any atom is 0.272 e. The van der Waals surface area contributed by atoms with Crippen LogP contribution in [0.4, 0.5) is 5.69 Å². The molecule has 0 saturated heterocycles. The van der Waals surface area contributed by atoms with E-state index in [2.05, 4.69) is 36.5 Å². The molecular weight excluding hydrogens is 486 g/mol. The highest BCUT2D eigenvalue weighted by Gasteiger charge is 2.24. The highest BCUT2D eigenvalue weighted by Crippen LogP contribution is 2.32. The minimum absolute atomic E-state index is 0.218. The van der Waals surface area contributed by atoms with Gasteiger partial charge in [-0.1, -0.05) is 6.07 Å². The second-order valence-corrected chi connectivity index (χ2v) is 8.90. The van der Waals surface area contributed by atoms with Crippen molar-refractivity contribution in [2.45, 2.75) is 44.3 Å². The largest absolute Gasteiger partial charge is 0.493 e. The number of methoxy groups -OCH3 is 2. The predicted molar refractivity (Wildman–Crippen MR) is 132 cm³/mol. The van der Waals surface area contributed by atoms with Crippen LogP contribution in [0.1, 0.15) is 41.7 Å². The van der Waals surface area contributed by atoms with E-state index in [1.165, 1.54) is 0 Å². The average Bonchev–Trinajstić information content (AvgIpc) is 2.85. The number of nitrogens with two attached hydrogens (primary N) is 1. The van der Waals surface area contributed by atoms with Gasteiger partial charge in [-0.2, -0.15) is 0 Å². The van der Waals surface area contributed by atoms with Gasteiger partial charge in [0.2, 0.25) is 0 Å². The number of halogens is 1. The van der Waals surface area contributed by atoms with Crippen LogP contribution in [0.3, 0.4) is 0 Å². The summed E-state index contributed by atoms with van der Waals surface area (Å²) in [7, 11) is 3.17. The van der Waals surface area contributed by atoms with E-state index in [-0.39, 0.29) is 18.0 Å². The summed E-state index contributed by atoms with van der Waals surface area (Å²) >= 11 is 3.51. The molecule has 0 bridgehead atoms. The van der Waals surface area contributed by atoms with Crippen molar-refractivity contribution >= 4 is 38.4 Å². The standard InChI is InChI=1S/C24H28BrN5O3/c1-32-18-10-5-14(12-19(18)33-2)13-28-24(31)22-21(29-16-8-6-15(26)7-9-16)20-17(23(25)30-22)4-3-11-27-20/h3-5,10-12,15-16,29H,6-9,13,26H2,1-2H3,(H,28,31). The van der Waals surface area contributed by atoms with Crippen molar-refractivity contribution in [3.05, 3.63) is 52.4 Å². The number of anilines is 1. The fraction of sp³-hybridized carbons (Fsp3) is 0.375. The molecule has 1 fully saturated rings. The number of nitrogens with one attached hydrogen (secondary N) is 2. The monoisotopic (exact) mass is 513 g/mol. The van der Waals surface area contributed by atoms with Gasteiger partial charge in [-0.25, -0.2) is 4.98 Å². The van der Waals surface area contributed by atoms with Gasteiger partial charge in [-0.3, -0.25) is 9.78 Å². The molecular formula is C24H28BrN5O3. The maximum absolute atomic E-state index is 13.3. The molecule has 0 unspecified atom stereocenters. The molecule has 3 aromatic rings. The Morgan fingerprint density at radius 3 is 2.64 bits per heavy atom. The highest BCUT2D eigenvalue weighted by molar-refractivity contribution is 9.10. The molecule has 2 aromatic heterocycles. The number of rotatable bonds is 7. The minimum atomic E-state index is -0.284. The second kappa shape index (κ2) is 10.4. The van der Waals surface area contributed by atoms with E-state index in [4.69, 9.17) is 15.2 Å². The van der Waals surface area contributed by atoms with Crippen molar-refractivity contribution in [3.8, 4) is 11.5 Å². The average molecular weight is 514 g/mol. The predicted octanol–water partition coefficient (Wildman–Crippen LogP) is 4.02. The van der Waals surface area contributed by atoms with Crippen LogP contribution in [0.15, 0.2) is 41.1 Å². The Balaban J connectivity index is 1.61. The summed E-state index contributed by atoms with van der Waals surface area (Å²) in [6, 6.07) is 9.80. The molecule has 1 aliphatic rings. The van der Waals surface area contributed by atoms with E-state index < -0.39 is 0 Å². The van der Waals surface area contributed by atoms with Gasteiger partial charge in [0, 0.05) is 30.2 Å². The molecule has 1 amide bonds. The summed E-state index contributed by atoms with van der Waals surface area (Å²) < 4.78 is 11.2. The van der Waals surface area contributed by atoms with Crippen LogP contribution in [0.5, 0.6) is 11.5 Å². The first-order valence-electron chi connectivity index (χ1n) is 11.0. The second-order valence-electron chi connectivity index (χ2n) is 8.15. The number of hydrogen-bond donors (Lipinski definition) is 3. The Bertz CT molecular complexity index is 1150. The van der Waals surface area contributed by atoms with Crippen LogP contribution >= 0.6 is 15.9 Å². The third-order valence-electron chi connectivity index (χ3n) is 5.95. The molecule has 0 radical (unpaired) electrons. The van der Waals surface area contributed by atoms with Crippen LogP contribution in [-0.4, -0.2) is 42.2 Å². The maximum atomic E-state index is 13.3. The van der Waals surface area contributed by atoms with Gasteiger partial charge in [-0.15, -0.1) is 0 Å². The summed E-state index contributed by atoms with van der Waals surface area (Å²) in [4.78, 5) is 22.4. The summed E-state index contributed by atoms with van der Waals surface area (Å²) in [5, 5.41) is 7.38. The van der Waals surface area contributed by atoms with Crippen molar-refractivity contribution in [2.24, 2.45) is 5.73 Å². The van der Waals surface area contributed by atoms with Crippen LogP contribution in [-0.2, 0) is 6.54 Å². The zero-order chi connectivity index (χ0) is 23.4. The number of fused-ring (bicyclic) bond motifs is 1. The van der Waals surface area contributed by atoms with E-state index in [0.29, 0.717) is 39.5 Å². The van der Waals surface area contributed by atoms with Crippen molar-refractivity contribution in [3.63, 3.8) is 0 Å². The van der Waals surface area contributed by atoms with Crippen molar-refractivity contribution in [1.29, 1.82) is 0 Å². The Kier molecular flexibility index (Phi) is 7.29. The molecule has 0 aliphatic heterocycles. The first-order valence-corrected chi connectivity index (χ1v) is 11.7. The molecule has 4 N–H and O–H groups in total. The van der Waals surface area contributed by atoms with Crippen LogP contribution in [0.2, 0.25) is 0 Å². The molecule has 33 heavy (non-hydrogen) atoms. The van der Waals surface area contributed by atoms with Gasteiger partial charge in [0.15, 0.2) is 17.2 Å². The van der Waals surface area contributed by atoms with E-state index in [9.17, 15) is 4.79 Å². The Labute approximate surface area is 201 Å². The van der Waals surface area contributed by atoms with Gasteiger partial charge in [0.05, 0.1) is 25.4 Å². The molecule has 4 rings (SSSR count). The molecule has 0 atom stereocenters. The fourth-order valence-electron chi connectivity index (χ4n) is 4.12. The SMILES string of the molecule is COc1ccc(CNC(=O)c2nc(Br)c3cccnc3c2NC2CCC(N)CC2)cc1OC. The Morgan fingerprint density at radius 1 is 1.15 bits per heavy atom. The minimum Gasteiger partial charge on any atom is -0.493 e. The summed E-state index contributed by atoms with van der Waals surface area (Å²) in [5.41, 5.74) is 8.63. The van der Waals surface area contributed by atoms with Gasteiger partial charge < -0.3 is 25.8 Å². The molecule has 1 aliphatic carbocycles. The lowest BCUT2D eigenvalue weighted by Gasteiger charge is -2.28. The van der Waals surface area contributed by atoms with E-state index in [1.807, 2.05) is 30.3 Å². The lowest BCUT2D eigenvalue weighted by atomic mass is 9.91. The topological polar surface area (TPSA) is 111 Å². The van der Waals surface area contributed by atoms with Crippen LogP contribution in [0, 0.1) is 0 Å². The number of amides is 1. The number of ether oxygens (including phenoxy) is 2. The number of carbonyl (C=O) groups is 1. The molecule has 2 heterocycles. The third-order valence-corrected chi connectivity index (χ3v) is 6.55. The normalized spacial score (nSPS) is 18.1. The number of hydrogen-bond acceptors (Lipinski definition) is 7. The van der Waals surface area contributed by atoms with Gasteiger partial charge in [0.25, 0.3) is 5.91 Å². The van der Waals surface area contributed by atoms with E-state index in [0.717, 1.165) is 36.6 Å². The molecule has 174 valence electrons. The fourth-order valence-corrected chi connectivity index (χ4v) is 4.62. The zero-order valence-corrected chi connectivity index (χ0v) is 20.3. The molecule has 8 nitrogen and oxygen atoms in total. The van der Waals surface area contributed by atoms with Gasteiger partial charge >= 0.3 is 0 Å². The number of benzene rings is 1. The lowest BCUT2D eigenvalue weighted by molar-refractivity contribution is 0.0946. The summed E-state index contributed by atoms with van der Waals surface area (Å²) in [6.07, 6.45) is 5.51. The van der Waals surface area contributed by atoms with E-state index in [1.54, 1.807) is 20.4 Å². The smallest absolute Gasteiger partial charge is 0.272 e. The summed E-state index contributed by atoms with van der Waals surface area (Å²) in [6.45, 7) is 0.316. The van der Waals surface area contributed by atoms with Crippen molar-refractivity contribution < 1.29 is 14.3 Å². The lowest BCUT2D eigenvalue weighted by Crippen LogP contribution is -2.34. The first-order chi connectivity index (χ1) is 16.0. The van der Waals surface area contributed by atoms with Crippen molar-refractivity contribution in [1.82, 2.24) is 15.3 Å². The molecule has 9 heteroatoms. The summed E-state index contributed by atoms with van der Waals surface area (Å²) in [5.74, 6) is 0.961. The highest BCUT2D eigenvalue weighted by atomic mass is 79.9. The zero-order valence-electron chi connectivity index (χ0n) is 18.7. The van der Waals surface area contributed by atoms with Gasteiger partial charge in [0.1, 0.15) is 4.60 Å². The Morgan fingerprint density at radius 2 is 1.91 bits per heavy atom. The van der Waals surface area contributed by atoms with Gasteiger partial charge in [-0.05, 0) is 71.4 Å². The number of pyridine rings is 2. The number of aromatic nitrogens is 2. The molecule has 0 spiro atoms.